The van der Waals surface area contributed by atoms with E-state index in [2.05, 4.69) is 6.92 Å². The second-order valence-electron chi connectivity index (χ2n) is 5.54. The molecule has 0 aliphatic rings. The van der Waals surface area contributed by atoms with Crippen LogP contribution in [0.25, 0.3) is 10.9 Å². The smallest absolute Gasteiger partial charge is 0.236 e. The van der Waals surface area contributed by atoms with Crippen molar-refractivity contribution in [2.45, 2.75) is 46.0 Å². The van der Waals surface area contributed by atoms with Gasteiger partial charge < -0.3 is 0 Å². The Morgan fingerprint density at radius 2 is 1.85 bits per heavy atom. The molecule has 20 heavy (non-hydrogen) atoms. The molecule has 0 N–H and O–H groups in total. The summed E-state index contributed by atoms with van der Waals surface area (Å²) in [6, 6.07) is 7.94. The summed E-state index contributed by atoms with van der Waals surface area (Å²) in [7, 11) is -3.26. The number of fused-ring (bicyclic) bond motifs is 1. The highest BCUT2D eigenvalue weighted by Crippen LogP contribution is 2.24. The van der Waals surface area contributed by atoms with Crippen molar-refractivity contribution >= 4 is 20.9 Å². The Bertz CT molecular complexity index is 699. The minimum atomic E-state index is -3.26. The quantitative estimate of drug-likeness (QED) is 0.758. The highest BCUT2D eigenvalue weighted by molar-refractivity contribution is 7.89. The molecule has 110 valence electrons. The number of hydrogen-bond donors (Lipinski definition) is 0. The maximum absolute atomic E-state index is 12.1. The third-order valence-electron chi connectivity index (χ3n) is 3.60. The summed E-state index contributed by atoms with van der Waals surface area (Å²) >= 11 is 0. The van der Waals surface area contributed by atoms with Crippen LogP contribution < -0.4 is 0 Å². The second-order valence-corrected chi connectivity index (χ2v) is 7.37. The van der Waals surface area contributed by atoms with Crippen LogP contribution in [0.4, 0.5) is 0 Å². The van der Waals surface area contributed by atoms with Crippen LogP contribution in [0.1, 0.15) is 43.9 Å². The molecule has 1 aromatic carbocycles. The minimum absolute atomic E-state index is 0.795. The highest BCUT2D eigenvalue weighted by Gasteiger charge is 2.16. The first-order valence-electron chi connectivity index (χ1n) is 7.25. The van der Waals surface area contributed by atoms with Gasteiger partial charge in [0.2, 0.25) is 10.0 Å². The third-order valence-corrected chi connectivity index (χ3v) is 4.70. The largest absolute Gasteiger partial charge is 0.242 e. The Labute approximate surface area is 121 Å². The zero-order valence-electron chi connectivity index (χ0n) is 12.5. The van der Waals surface area contributed by atoms with E-state index in [0.29, 0.717) is 0 Å². The molecule has 0 aliphatic carbocycles. The average Bonchev–Trinajstić information content (AvgIpc) is 2.71. The number of unbranched alkanes of at least 4 members (excludes halogenated alkanes) is 3. The number of nitrogens with zero attached hydrogens (tertiary/aromatic N) is 1. The molecule has 0 saturated carbocycles. The van der Waals surface area contributed by atoms with Gasteiger partial charge in [-0.05, 0) is 38.0 Å². The molecule has 0 radical (unpaired) electrons. The van der Waals surface area contributed by atoms with Crippen LogP contribution in [0.2, 0.25) is 0 Å². The van der Waals surface area contributed by atoms with E-state index in [0.717, 1.165) is 41.4 Å². The summed E-state index contributed by atoms with van der Waals surface area (Å²) in [5.41, 5.74) is 2.86. The van der Waals surface area contributed by atoms with Crippen LogP contribution in [-0.2, 0) is 16.4 Å². The second kappa shape index (κ2) is 6.00. The van der Waals surface area contributed by atoms with Crippen LogP contribution in [-0.4, -0.2) is 18.6 Å². The Kier molecular flexibility index (Phi) is 4.53. The van der Waals surface area contributed by atoms with Gasteiger partial charge in [0.05, 0.1) is 11.8 Å². The van der Waals surface area contributed by atoms with E-state index in [1.807, 2.05) is 31.2 Å². The molecule has 0 spiro atoms. The van der Waals surface area contributed by atoms with Gasteiger partial charge in [0.25, 0.3) is 0 Å². The molecule has 0 fully saturated rings. The van der Waals surface area contributed by atoms with Crippen LogP contribution in [0, 0.1) is 6.92 Å². The van der Waals surface area contributed by atoms with Crippen LogP contribution in [0.3, 0.4) is 0 Å². The molecule has 3 nitrogen and oxygen atoms in total. The molecule has 0 aliphatic heterocycles. The molecule has 0 saturated heterocycles. The van der Waals surface area contributed by atoms with Gasteiger partial charge in [0, 0.05) is 11.1 Å². The summed E-state index contributed by atoms with van der Waals surface area (Å²) in [4.78, 5) is 0. The lowest BCUT2D eigenvalue weighted by atomic mass is 10.1. The van der Waals surface area contributed by atoms with Gasteiger partial charge in [-0.3, -0.25) is 0 Å². The van der Waals surface area contributed by atoms with Crippen molar-refractivity contribution in [2.75, 3.05) is 6.26 Å². The lowest BCUT2D eigenvalue weighted by molar-refractivity contribution is 0.590. The maximum atomic E-state index is 12.1. The third kappa shape index (κ3) is 3.23. The molecule has 0 unspecified atom stereocenters. The monoisotopic (exact) mass is 293 g/mol. The Morgan fingerprint density at radius 1 is 1.10 bits per heavy atom. The zero-order chi connectivity index (χ0) is 14.8. The summed E-state index contributed by atoms with van der Waals surface area (Å²) in [5.74, 6) is 0. The number of hydrogen-bond acceptors (Lipinski definition) is 2. The maximum Gasteiger partial charge on any atom is 0.236 e. The van der Waals surface area contributed by atoms with Gasteiger partial charge in [-0.1, -0.05) is 37.8 Å². The van der Waals surface area contributed by atoms with E-state index in [1.165, 1.54) is 23.1 Å². The van der Waals surface area contributed by atoms with Crippen LogP contribution in [0.5, 0.6) is 0 Å². The Morgan fingerprint density at radius 3 is 2.50 bits per heavy atom. The molecule has 1 heterocycles. The summed E-state index contributed by atoms with van der Waals surface area (Å²) in [5, 5.41) is 1.01. The van der Waals surface area contributed by atoms with Crippen molar-refractivity contribution in [3.05, 3.63) is 35.5 Å². The van der Waals surface area contributed by atoms with Gasteiger partial charge in [-0.2, -0.15) is 0 Å². The van der Waals surface area contributed by atoms with Crippen LogP contribution >= 0.6 is 0 Å². The molecule has 2 rings (SSSR count). The molecule has 0 bridgehead atoms. The highest BCUT2D eigenvalue weighted by atomic mass is 32.2. The first-order valence-corrected chi connectivity index (χ1v) is 9.10. The fourth-order valence-corrected chi connectivity index (χ4v) is 3.76. The zero-order valence-corrected chi connectivity index (χ0v) is 13.3. The first kappa shape index (κ1) is 15.1. The van der Waals surface area contributed by atoms with E-state index in [4.69, 9.17) is 0 Å². The predicted octanol–water partition coefficient (Wildman–Crippen LogP) is 3.88. The lowest BCUT2D eigenvalue weighted by Crippen LogP contribution is -2.13. The average molecular weight is 293 g/mol. The van der Waals surface area contributed by atoms with Gasteiger partial charge >= 0.3 is 0 Å². The SMILES string of the molecule is CCCCCCc1cc2cc(C)ccc2n1S(C)(=O)=O. The first-order chi connectivity index (χ1) is 9.43. The summed E-state index contributed by atoms with van der Waals surface area (Å²) in [6.45, 7) is 4.20. The topological polar surface area (TPSA) is 39.1 Å². The fourth-order valence-electron chi connectivity index (χ4n) is 2.67. The number of aromatic nitrogens is 1. The summed E-state index contributed by atoms with van der Waals surface area (Å²) < 4.78 is 25.6. The van der Waals surface area contributed by atoms with Crippen molar-refractivity contribution in [1.29, 1.82) is 0 Å². The van der Waals surface area contributed by atoms with Crippen molar-refractivity contribution in [2.24, 2.45) is 0 Å². The van der Waals surface area contributed by atoms with Gasteiger partial charge in [-0.25, -0.2) is 12.4 Å². The Hall–Kier alpha value is -1.29. The van der Waals surface area contributed by atoms with Gasteiger partial charge in [0.15, 0.2) is 0 Å². The summed E-state index contributed by atoms with van der Waals surface area (Å²) in [6.07, 6.45) is 6.69. The molecule has 0 atom stereocenters. The van der Waals surface area contributed by atoms with Crippen molar-refractivity contribution in [3.63, 3.8) is 0 Å². The minimum Gasteiger partial charge on any atom is -0.242 e. The van der Waals surface area contributed by atoms with Gasteiger partial charge in [0.1, 0.15) is 0 Å². The number of rotatable bonds is 6. The normalized spacial score (nSPS) is 12.2. The molecule has 1 aromatic heterocycles. The van der Waals surface area contributed by atoms with E-state index < -0.39 is 10.0 Å². The fraction of sp³-hybridized carbons (Fsp3) is 0.500. The molecular weight excluding hydrogens is 270 g/mol. The van der Waals surface area contributed by atoms with E-state index in [-0.39, 0.29) is 0 Å². The van der Waals surface area contributed by atoms with Crippen LogP contribution in [0.15, 0.2) is 24.3 Å². The molecule has 0 amide bonds. The van der Waals surface area contributed by atoms with E-state index >= 15 is 0 Å². The van der Waals surface area contributed by atoms with Crippen molar-refractivity contribution in [3.8, 4) is 0 Å². The number of benzene rings is 1. The standard InChI is InChI=1S/C16H23NO2S/c1-4-5-6-7-8-15-12-14-11-13(2)9-10-16(14)17(15)20(3,18)19/h9-12H,4-8H2,1-3H3. The van der Waals surface area contributed by atoms with Crippen molar-refractivity contribution in [1.82, 2.24) is 3.97 Å². The molecule has 2 aromatic rings. The van der Waals surface area contributed by atoms with Gasteiger partial charge in [-0.15, -0.1) is 0 Å². The Balaban J connectivity index is 2.42. The molecule has 4 heteroatoms. The number of aryl methyl sites for hydroxylation is 2. The predicted molar refractivity (Wildman–Crippen MR) is 84.8 cm³/mol. The van der Waals surface area contributed by atoms with E-state index in [1.54, 1.807) is 0 Å². The van der Waals surface area contributed by atoms with E-state index in [9.17, 15) is 8.42 Å². The lowest BCUT2D eigenvalue weighted by Gasteiger charge is -2.08. The molecular formula is C16H23NO2S. The van der Waals surface area contributed by atoms with Crippen molar-refractivity contribution < 1.29 is 8.42 Å².